The molecule has 0 amide bonds. The van der Waals surface area contributed by atoms with E-state index in [0.29, 0.717) is 0 Å². The van der Waals surface area contributed by atoms with Gasteiger partial charge in [0.1, 0.15) is 0 Å². The van der Waals surface area contributed by atoms with E-state index in [0.717, 1.165) is 16.7 Å². The maximum Gasteiger partial charge on any atom is 0.406 e. The Labute approximate surface area is 154 Å². The molecule has 0 aliphatic rings. The van der Waals surface area contributed by atoms with Gasteiger partial charge in [0.15, 0.2) is 0 Å². The van der Waals surface area contributed by atoms with Crippen molar-refractivity contribution in [1.82, 2.24) is 0 Å². The van der Waals surface area contributed by atoms with Crippen molar-refractivity contribution < 1.29 is 13.6 Å². The average molecular weight is 362 g/mol. The Morgan fingerprint density at radius 2 is 1.08 bits per heavy atom. The van der Waals surface area contributed by atoms with Gasteiger partial charge in [0.2, 0.25) is 0 Å². The Bertz CT molecular complexity index is 866. The molecule has 0 aromatic heterocycles. The Hall–Kier alpha value is -2.63. The molecule has 0 saturated heterocycles. The summed E-state index contributed by atoms with van der Waals surface area (Å²) in [5.74, 6) is 2.89. The number of benzene rings is 3. The van der Waals surface area contributed by atoms with Gasteiger partial charge in [0, 0.05) is 11.2 Å². The van der Waals surface area contributed by atoms with Crippen LogP contribution in [0.5, 0.6) is 0 Å². The Balaban J connectivity index is 1.75. The van der Waals surface area contributed by atoms with Gasteiger partial charge >= 0.3 is 7.60 Å². The highest BCUT2D eigenvalue weighted by atomic mass is 31.2. The third-order valence-corrected chi connectivity index (χ3v) is 4.92. The van der Waals surface area contributed by atoms with Crippen molar-refractivity contribution in [2.45, 2.75) is 13.2 Å². The maximum atomic E-state index is 13.1. The van der Waals surface area contributed by atoms with Gasteiger partial charge in [0.25, 0.3) is 0 Å². The van der Waals surface area contributed by atoms with Crippen molar-refractivity contribution in [2.24, 2.45) is 0 Å². The zero-order valence-electron chi connectivity index (χ0n) is 14.2. The molecule has 0 bridgehead atoms. The van der Waals surface area contributed by atoms with Gasteiger partial charge in [-0.25, -0.2) is 4.57 Å². The van der Waals surface area contributed by atoms with Gasteiger partial charge < -0.3 is 0 Å². The van der Waals surface area contributed by atoms with Gasteiger partial charge in [-0.1, -0.05) is 84.8 Å². The molecule has 130 valence electrons. The number of hydrogen-bond acceptors (Lipinski definition) is 3. The van der Waals surface area contributed by atoms with Crippen LogP contribution in [0.2, 0.25) is 0 Å². The lowest BCUT2D eigenvalue weighted by Crippen LogP contribution is -1.96. The molecule has 0 aliphatic carbocycles. The van der Waals surface area contributed by atoms with Crippen molar-refractivity contribution in [3.8, 4) is 11.6 Å². The minimum atomic E-state index is -3.58. The fraction of sp³-hybridized carbons (Fsp3) is 0.0909. The molecular weight excluding hydrogens is 343 g/mol. The van der Waals surface area contributed by atoms with Crippen molar-refractivity contribution in [1.29, 1.82) is 0 Å². The molecule has 3 rings (SSSR count). The maximum absolute atomic E-state index is 13.1. The summed E-state index contributed by atoms with van der Waals surface area (Å²) in [5.41, 5.74) is 5.31. The fourth-order valence-electron chi connectivity index (χ4n) is 2.22. The highest BCUT2D eigenvalue weighted by Gasteiger charge is 2.22. The van der Waals surface area contributed by atoms with Crippen LogP contribution in [0.25, 0.3) is 0 Å². The zero-order chi connectivity index (χ0) is 18.1. The van der Waals surface area contributed by atoms with E-state index in [2.05, 4.69) is 11.6 Å². The van der Waals surface area contributed by atoms with E-state index in [1.165, 1.54) is 0 Å². The summed E-state index contributed by atoms with van der Waals surface area (Å²) in [6, 6.07) is 28.5. The van der Waals surface area contributed by atoms with Crippen LogP contribution in [0.1, 0.15) is 16.7 Å². The fourth-order valence-corrected chi connectivity index (χ4v) is 3.33. The molecule has 0 radical (unpaired) electrons. The highest BCUT2D eigenvalue weighted by Crippen LogP contribution is 2.48. The number of rotatable bonds is 6. The van der Waals surface area contributed by atoms with Crippen LogP contribution < -0.4 is 0 Å². The SMILES string of the molecule is O=P(C#Cc1ccccc1)(OCc1ccccc1)OCc1ccccc1. The Morgan fingerprint density at radius 3 is 1.54 bits per heavy atom. The number of hydrogen-bond donors (Lipinski definition) is 0. The summed E-state index contributed by atoms with van der Waals surface area (Å²) in [4.78, 5) is 0. The lowest BCUT2D eigenvalue weighted by Gasteiger charge is -2.13. The summed E-state index contributed by atoms with van der Waals surface area (Å²) in [5, 5.41) is 0. The quantitative estimate of drug-likeness (QED) is 0.422. The molecule has 0 atom stereocenters. The second-order valence-electron chi connectivity index (χ2n) is 5.62. The normalized spacial score (nSPS) is 10.8. The van der Waals surface area contributed by atoms with E-state index in [-0.39, 0.29) is 13.2 Å². The molecule has 3 aromatic rings. The Morgan fingerprint density at radius 1 is 0.654 bits per heavy atom. The molecular formula is C22H19O3P. The summed E-state index contributed by atoms with van der Waals surface area (Å²) in [7, 11) is -3.58. The lowest BCUT2D eigenvalue weighted by atomic mass is 10.2. The molecule has 0 aliphatic heterocycles. The second-order valence-corrected chi connectivity index (χ2v) is 7.35. The summed E-state index contributed by atoms with van der Waals surface area (Å²) in [6.45, 7) is 0.354. The minimum Gasteiger partial charge on any atom is -0.294 e. The van der Waals surface area contributed by atoms with Crippen LogP contribution in [0, 0.1) is 11.6 Å². The first-order valence-electron chi connectivity index (χ1n) is 8.29. The molecule has 4 heteroatoms. The first-order valence-corrected chi connectivity index (χ1v) is 9.83. The topological polar surface area (TPSA) is 35.5 Å². The van der Waals surface area contributed by atoms with E-state index in [9.17, 15) is 4.57 Å². The van der Waals surface area contributed by atoms with Crippen LogP contribution in [0.15, 0.2) is 91.0 Å². The average Bonchev–Trinajstić information content (AvgIpc) is 2.72. The minimum absolute atomic E-state index is 0.177. The first kappa shape index (κ1) is 18.2. The molecule has 0 unspecified atom stereocenters. The van der Waals surface area contributed by atoms with Gasteiger partial charge in [-0.2, -0.15) is 0 Å². The van der Waals surface area contributed by atoms with Crippen LogP contribution in [-0.4, -0.2) is 0 Å². The second kappa shape index (κ2) is 9.17. The van der Waals surface area contributed by atoms with Gasteiger partial charge in [-0.3, -0.25) is 9.05 Å². The Kier molecular flexibility index (Phi) is 6.41. The summed E-state index contributed by atoms with van der Waals surface area (Å²) < 4.78 is 24.4. The molecule has 0 heterocycles. The van der Waals surface area contributed by atoms with Gasteiger partial charge in [-0.15, -0.1) is 0 Å². The molecule has 3 nitrogen and oxygen atoms in total. The van der Waals surface area contributed by atoms with E-state index in [1.807, 2.05) is 91.0 Å². The molecule has 0 saturated carbocycles. The van der Waals surface area contributed by atoms with Crippen LogP contribution in [0.3, 0.4) is 0 Å². The van der Waals surface area contributed by atoms with Crippen LogP contribution >= 0.6 is 7.60 Å². The van der Waals surface area contributed by atoms with Crippen LogP contribution in [-0.2, 0) is 26.8 Å². The van der Waals surface area contributed by atoms with Crippen LogP contribution in [0.4, 0.5) is 0 Å². The first-order chi connectivity index (χ1) is 12.7. The molecule has 0 N–H and O–H groups in total. The molecule has 0 fully saturated rings. The van der Waals surface area contributed by atoms with Crippen molar-refractivity contribution in [3.05, 3.63) is 108 Å². The third kappa shape index (κ3) is 5.72. The van der Waals surface area contributed by atoms with E-state index in [4.69, 9.17) is 9.05 Å². The summed E-state index contributed by atoms with van der Waals surface area (Å²) >= 11 is 0. The highest BCUT2D eigenvalue weighted by molar-refractivity contribution is 7.59. The monoisotopic (exact) mass is 362 g/mol. The predicted molar refractivity (Wildman–Crippen MR) is 103 cm³/mol. The smallest absolute Gasteiger partial charge is 0.294 e. The van der Waals surface area contributed by atoms with E-state index < -0.39 is 7.60 Å². The van der Waals surface area contributed by atoms with Crippen molar-refractivity contribution in [3.63, 3.8) is 0 Å². The lowest BCUT2D eigenvalue weighted by molar-refractivity contribution is 0.201. The van der Waals surface area contributed by atoms with E-state index in [1.54, 1.807) is 0 Å². The van der Waals surface area contributed by atoms with Crippen molar-refractivity contribution >= 4 is 7.60 Å². The largest absolute Gasteiger partial charge is 0.406 e. The van der Waals surface area contributed by atoms with Gasteiger partial charge in [0.05, 0.1) is 13.2 Å². The standard InChI is InChI=1S/C22H19O3P/c23-26(17-16-20-10-4-1-5-11-20,24-18-21-12-6-2-7-13-21)25-19-22-14-8-3-9-15-22/h1-15H,18-19H2. The zero-order valence-corrected chi connectivity index (χ0v) is 15.1. The molecule has 0 spiro atoms. The van der Waals surface area contributed by atoms with Gasteiger partial charge in [-0.05, 0) is 23.3 Å². The van der Waals surface area contributed by atoms with Crippen molar-refractivity contribution in [2.75, 3.05) is 0 Å². The molecule has 26 heavy (non-hydrogen) atoms. The molecule has 3 aromatic carbocycles. The van der Waals surface area contributed by atoms with E-state index >= 15 is 0 Å². The predicted octanol–water partition coefficient (Wildman–Crippen LogP) is 5.62. The summed E-state index contributed by atoms with van der Waals surface area (Å²) in [6.07, 6.45) is 0. The third-order valence-electron chi connectivity index (χ3n) is 3.60.